The van der Waals surface area contributed by atoms with Gasteiger partial charge in [0.15, 0.2) is 0 Å². The topological polar surface area (TPSA) is 38.3 Å². The molecular weight excluding hydrogens is 331 g/mol. The van der Waals surface area contributed by atoms with Crippen molar-refractivity contribution in [3.05, 3.63) is 65.2 Å². The Bertz CT molecular complexity index is 697. The van der Waals surface area contributed by atoms with Crippen LogP contribution in [0.4, 0.5) is 13.2 Å². The standard InChI is InChI=1S/C19H20F3NO2/c1-14-4-2-5-17(12-14)25-11-3-6-18(24)23-13-15-7-9-16(10-8-15)19(20,21)22/h2,4-5,7-10,12H,3,6,11,13H2,1H3,(H,23,24). The number of amides is 1. The van der Waals surface area contributed by atoms with Gasteiger partial charge in [-0.1, -0.05) is 24.3 Å². The molecule has 0 spiro atoms. The summed E-state index contributed by atoms with van der Waals surface area (Å²) in [4.78, 5) is 11.8. The predicted molar refractivity (Wildman–Crippen MR) is 89.2 cm³/mol. The fourth-order valence-corrected chi connectivity index (χ4v) is 2.23. The van der Waals surface area contributed by atoms with E-state index in [0.29, 0.717) is 25.0 Å². The predicted octanol–water partition coefficient (Wildman–Crippen LogP) is 4.49. The third-order valence-corrected chi connectivity index (χ3v) is 3.58. The molecule has 0 saturated heterocycles. The fraction of sp³-hybridized carbons (Fsp3) is 0.316. The van der Waals surface area contributed by atoms with Crippen LogP contribution >= 0.6 is 0 Å². The van der Waals surface area contributed by atoms with Gasteiger partial charge in [0.2, 0.25) is 5.91 Å². The first-order valence-electron chi connectivity index (χ1n) is 7.97. The summed E-state index contributed by atoms with van der Waals surface area (Å²) in [6.45, 7) is 2.61. The summed E-state index contributed by atoms with van der Waals surface area (Å²) in [6.07, 6.45) is -3.49. The molecule has 0 fully saturated rings. The molecule has 0 atom stereocenters. The Morgan fingerprint density at radius 1 is 1.12 bits per heavy atom. The van der Waals surface area contributed by atoms with Crippen molar-refractivity contribution in [3.63, 3.8) is 0 Å². The van der Waals surface area contributed by atoms with Crippen molar-refractivity contribution < 1.29 is 22.7 Å². The van der Waals surface area contributed by atoms with E-state index in [-0.39, 0.29) is 12.5 Å². The van der Waals surface area contributed by atoms with Gasteiger partial charge in [-0.15, -0.1) is 0 Å². The zero-order valence-corrected chi connectivity index (χ0v) is 13.9. The number of benzene rings is 2. The number of alkyl halides is 3. The molecule has 6 heteroatoms. The van der Waals surface area contributed by atoms with Crippen molar-refractivity contribution in [1.82, 2.24) is 5.32 Å². The number of rotatable bonds is 7. The second-order valence-corrected chi connectivity index (χ2v) is 5.74. The molecule has 0 aliphatic carbocycles. The van der Waals surface area contributed by atoms with Crippen LogP contribution in [0.1, 0.15) is 29.5 Å². The Morgan fingerprint density at radius 2 is 1.84 bits per heavy atom. The van der Waals surface area contributed by atoms with Gasteiger partial charge in [0.1, 0.15) is 5.75 Å². The zero-order valence-electron chi connectivity index (χ0n) is 13.9. The summed E-state index contributed by atoms with van der Waals surface area (Å²) in [7, 11) is 0. The number of ether oxygens (including phenoxy) is 1. The van der Waals surface area contributed by atoms with Gasteiger partial charge in [0.25, 0.3) is 0 Å². The van der Waals surface area contributed by atoms with Gasteiger partial charge in [-0.3, -0.25) is 4.79 Å². The molecule has 3 nitrogen and oxygen atoms in total. The maximum Gasteiger partial charge on any atom is 0.416 e. The third kappa shape index (κ3) is 6.49. The minimum Gasteiger partial charge on any atom is -0.494 e. The van der Waals surface area contributed by atoms with Crippen LogP contribution in [-0.2, 0) is 17.5 Å². The van der Waals surface area contributed by atoms with Gasteiger partial charge in [-0.05, 0) is 48.7 Å². The number of hydrogen-bond donors (Lipinski definition) is 1. The molecule has 2 aromatic carbocycles. The van der Waals surface area contributed by atoms with Crippen molar-refractivity contribution in [2.45, 2.75) is 32.5 Å². The first kappa shape index (κ1) is 18.8. The minimum absolute atomic E-state index is 0.159. The normalized spacial score (nSPS) is 11.2. The van der Waals surface area contributed by atoms with E-state index in [0.717, 1.165) is 23.4 Å². The first-order valence-corrected chi connectivity index (χ1v) is 7.97. The molecule has 2 aromatic rings. The minimum atomic E-state index is -4.35. The zero-order chi connectivity index (χ0) is 18.3. The molecule has 0 unspecified atom stereocenters. The second-order valence-electron chi connectivity index (χ2n) is 5.74. The van der Waals surface area contributed by atoms with Crippen molar-refractivity contribution in [2.24, 2.45) is 0 Å². The van der Waals surface area contributed by atoms with Crippen molar-refractivity contribution in [2.75, 3.05) is 6.61 Å². The fourth-order valence-electron chi connectivity index (χ4n) is 2.23. The summed E-state index contributed by atoms with van der Waals surface area (Å²) in [5.41, 5.74) is 1.03. The van der Waals surface area contributed by atoms with Gasteiger partial charge >= 0.3 is 6.18 Å². The van der Waals surface area contributed by atoms with E-state index in [2.05, 4.69) is 5.32 Å². The average Bonchev–Trinajstić information content (AvgIpc) is 2.56. The van der Waals surface area contributed by atoms with Crippen LogP contribution in [0, 0.1) is 6.92 Å². The van der Waals surface area contributed by atoms with Gasteiger partial charge in [0.05, 0.1) is 12.2 Å². The molecule has 0 aliphatic heterocycles. The number of nitrogens with one attached hydrogen (secondary N) is 1. The van der Waals surface area contributed by atoms with Gasteiger partial charge in [-0.2, -0.15) is 13.2 Å². The van der Waals surface area contributed by atoms with Crippen LogP contribution in [0.5, 0.6) is 5.75 Å². The number of halogens is 3. The van der Waals surface area contributed by atoms with Crippen LogP contribution in [0.2, 0.25) is 0 Å². The maximum atomic E-state index is 12.5. The summed E-state index contributed by atoms with van der Waals surface area (Å²) >= 11 is 0. The van der Waals surface area contributed by atoms with E-state index in [4.69, 9.17) is 4.74 Å². The smallest absolute Gasteiger partial charge is 0.416 e. The summed E-state index contributed by atoms with van der Waals surface area (Å²) < 4.78 is 43.0. The maximum absolute atomic E-state index is 12.5. The molecule has 25 heavy (non-hydrogen) atoms. The Morgan fingerprint density at radius 3 is 2.48 bits per heavy atom. The molecular formula is C19H20F3NO2. The molecule has 0 aliphatic rings. The van der Waals surface area contributed by atoms with Crippen LogP contribution in [0.25, 0.3) is 0 Å². The lowest BCUT2D eigenvalue weighted by Crippen LogP contribution is -2.23. The van der Waals surface area contributed by atoms with E-state index in [1.807, 2.05) is 31.2 Å². The summed E-state index contributed by atoms with van der Waals surface area (Å²) in [6, 6.07) is 12.4. The average molecular weight is 351 g/mol. The lowest BCUT2D eigenvalue weighted by Gasteiger charge is -2.09. The van der Waals surface area contributed by atoms with E-state index in [1.54, 1.807) is 0 Å². The van der Waals surface area contributed by atoms with Crippen molar-refractivity contribution in [3.8, 4) is 5.75 Å². The van der Waals surface area contributed by atoms with Crippen LogP contribution in [0.15, 0.2) is 48.5 Å². The molecule has 0 heterocycles. The second kappa shape index (κ2) is 8.55. The highest BCUT2D eigenvalue weighted by Gasteiger charge is 2.29. The van der Waals surface area contributed by atoms with Crippen LogP contribution in [-0.4, -0.2) is 12.5 Å². The molecule has 0 radical (unpaired) electrons. The largest absolute Gasteiger partial charge is 0.494 e. The third-order valence-electron chi connectivity index (χ3n) is 3.58. The monoisotopic (exact) mass is 351 g/mol. The van der Waals surface area contributed by atoms with Gasteiger partial charge < -0.3 is 10.1 Å². The van der Waals surface area contributed by atoms with Crippen LogP contribution in [0.3, 0.4) is 0 Å². The molecule has 1 N–H and O–H groups in total. The molecule has 1 amide bonds. The van der Waals surface area contributed by atoms with Gasteiger partial charge in [-0.25, -0.2) is 0 Å². The van der Waals surface area contributed by atoms with E-state index < -0.39 is 11.7 Å². The highest BCUT2D eigenvalue weighted by Crippen LogP contribution is 2.29. The number of carbonyl (C=O) groups is 1. The summed E-state index contributed by atoms with van der Waals surface area (Å²) in [5, 5.41) is 2.69. The molecule has 0 aromatic heterocycles. The van der Waals surface area contributed by atoms with Gasteiger partial charge in [0, 0.05) is 13.0 Å². The van der Waals surface area contributed by atoms with Crippen molar-refractivity contribution in [1.29, 1.82) is 0 Å². The first-order chi connectivity index (χ1) is 11.8. The Labute approximate surface area is 144 Å². The molecule has 2 rings (SSSR count). The van der Waals surface area contributed by atoms with E-state index in [1.165, 1.54) is 12.1 Å². The SMILES string of the molecule is Cc1cccc(OCCCC(=O)NCc2ccc(C(F)(F)F)cc2)c1. The lowest BCUT2D eigenvalue weighted by atomic mass is 10.1. The number of carbonyl (C=O) groups excluding carboxylic acids is 1. The van der Waals surface area contributed by atoms with E-state index >= 15 is 0 Å². The highest BCUT2D eigenvalue weighted by molar-refractivity contribution is 5.75. The Balaban J connectivity index is 1.67. The van der Waals surface area contributed by atoms with Crippen LogP contribution < -0.4 is 10.1 Å². The number of aryl methyl sites for hydroxylation is 1. The number of hydrogen-bond acceptors (Lipinski definition) is 2. The molecule has 0 bridgehead atoms. The molecule has 0 saturated carbocycles. The molecule has 134 valence electrons. The Kier molecular flexibility index (Phi) is 6.44. The van der Waals surface area contributed by atoms with E-state index in [9.17, 15) is 18.0 Å². The highest BCUT2D eigenvalue weighted by atomic mass is 19.4. The lowest BCUT2D eigenvalue weighted by molar-refractivity contribution is -0.137. The Hall–Kier alpha value is -2.50. The summed E-state index contributed by atoms with van der Waals surface area (Å²) in [5.74, 6) is 0.609. The van der Waals surface area contributed by atoms with Crippen molar-refractivity contribution >= 4 is 5.91 Å². The quantitative estimate of drug-likeness (QED) is 0.747.